The molecule has 1 atom stereocenters. The SMILES string of the molecule is CCC(C)(O)CN(C)c1cccc(C#N)c1. The van der Waals surface area contributed by atoms with Gasteiger partial charge < -0.3 is 10.0 Å². The number of rotatable bonds is 4. The second-order valence-electron chi connectivity index (χ2n) is 4.37. The first kappa shape index (κ1) is 12.5. The summed E-state index contributed by atoms with van der Waals surface area (Å²) in [6.45, 7) is 4.33. The van der Waals surface area contributed by atoms with E-state index in [0.29, 0.717) is 18.5 Å². The molecular weight excluding hydrogens is 200 g/mol. The Kier molecular flexibility index (Phi) is 3.92. The molecule has 0 saturated heterocycles. The fourth-order valence-electron chi connectivity index (χ4n) is 1.53. The molecule has 0 fully saturated rings. The highest BCUT2D eigenvalue weighted by Crippen LogP contribution is 2.18. The van der Waals surface area contributed by atoms with Crippen LogP contribution in [-0.2, 0) is 0 Å². The van der Waals surface area contributed by atoms with Crippen LogP contribution in [-0.4, -0.2) is 24.3 Å². The Hall–Kier alpha value is -1.53. The predicted octanol–water partition coefficient (Wildman–Crippen LogP) is 2.16. The number of benzene rings is 1. The van der Waals surface area contributed by atoms with Crippen molar-refractivity contribution in [3.8, 4) is 6.07 Å². The average molecular weight is 218 g/mol. The highest BCUT2D eigenvalue weighted by Gasteiger charge is 2.20. The van der Waals surface area contributed by atoms with E-state index in [1.54, 1.807) is 6.07 Å². The molecule has 3 nitrogen and oxygen atoms in total. The van der Waals surface area contributed by atoms with Crippen molar-refractivity contribution in [1.29, 1.82) is 5.26 Å². The first-order valence-electron chi connectivity index (χ1n) is 5.42. The first-order chi connectivity index (χ1) is 7.48. The van der Waals surface area contributed by atoms with Crippen LogP contribution >= 0.6 is 0 Å². The number of nitriles is 1. The lowest BCUT2D eigenvalue weighted by atomic mass is 10.0. The number of hydrogen-bond donors (Lipinski definition) is 1. The van der Waals surface area contributed by atoms with E-state index in [1.165, 1.54) is 0 Å². The molecule has 16 heavy (non-hydrogen) atoms. The Morgan fingerprint density at radius 2 is 2.19 bits per heavy atom. The summed E-state index contributed by atoms with van der Waals surface area (Å²) in [6.07, 6.45) is 0.704. The van der Waals surface area contributed by atoms with Crippen molar-refractivity contribution in [3.63, 3.8) is 0 Å². The van der Waals surface area contributed by atoms with E-state index in [-0.39, 0.29) is 0 Å². The minimum absolute atomic E-state index is 0.554. The van der Waals surface area contributed by atoms with Gasteiger partial charge in [-0.3, -0.25) is 0 Å². The van der Waals surface area contributed by atoms with Gasteiger partial charge in [0.15, 0.2) is 0 Å². The second-order valence-corrected chi connectivity index (χ2v) is 4.37. The van der Waals surface area contributed by atoms with Gasteiger partial charge in [0.05, 0.1) is 17.2 Å². The lowest BCUT2D eigenvalue weighted by Crippen LogP contribution is -2.38. The molecule has 0 amide bonds. The number of aliphatic hydroxyl groups is 1. The molecule has 0 bridgehead atoms. The average Bonchev–Trinajstić information content (AvgIpc) is 2.28. The molecule has 1 unspecified atom stereocenters. The normalized spacial score (nSPS) is 13.9. The van der Waals surface area contributed by atoms with Gasteiger partial charge in [0.1, 0.15) is 0 Å². The minimum Gasteiger partial charge on any atom is -0.388 e. The van der Waals surface area contributed by atoms with Crippen LogP contribution in [0, 0.1) is 11.3 Å². The topological polar surface area (TPSA) is 47.3 Å². The van der Waals surface area contributed by atoms with Crippen LogP contribution in [0.25, 0.3) is 0 Å². The van der Waals surface area contributed by atoms with Crippen LogP contribution in [0.2, 0.25) is 0 Å². The maximum absolute atomic E-state index is 9.97. The summed E-state index contributed by atoms with van der Waals surface area (Å²) in [5, 5.41) is 18.8. The third-order valence-corrected chi connectivity index (χ3v) is 2.76. The molecule has 1 rings (SSSR count). The zero-order valence-corrected chi connectivity index (χ0v) is 10.1. The van der Waals surface area contributed by atoms with Crippen LogP contribution < -0.4 is 4.90 Å². The Morgan fingerprint density at radius 3 is 2.75 bits per heavy atom. The quantitative estimate of drug-likeness (QED) is 0.842. The molecule has 1 N–H and O–H groups in total. The fraction of sp³-hybridized carbons (Fsp3) is 0.462. The molecule has 1 aromatic rings. The van der Waals surface area contributed by atoms with Gasteiger partial charge in [-0.05, 0) is 31.5 Å². The number of hydrogen-bond acceptors (Lipinski definition) is 3. The van der Waals surface area contributed by atoms with Crippen LogP contribution in [0.15, 0.2) is 24.3 Å². The van der Waals surface area contributed by atoms with E-state index in [9.17, 15) is 5.11 Å². The predicted molar refractivity (Wildman–Crippen MR) is 65.3 cm³/mol. The van der Waals surface area contributed by atoms with Crippen molar-refractivity contribution >= 4 is 5.69 Å². The molecule has 0 aliphatic carbocycles. The molecule has 0 aliphatic heterocycles. The lowest BCUT2D eigenvalue weighted by molar-refractivity contribution is 0.0641. The zero-order chi connectivity index (χ0) is 12.2. The van der Waals surface area contributed by atoms with E-state index in [2.05, 4.69) is 6.07 Å². The van der Waals surface area contributed by atoms with Crippen LogP contribution in [0.5, 0.6) is 0 Å². The van der Waals surface area contributed by atoms with E-state index in [1.807, 2.05) is 44.0 Å². The lowest BCUT2D eigenvalue weighted by Gasteiger charge is -2.29. The second kappa shape index (κ2) is 5.00. The van der Waals surface area contributed by atoms with E-state index in [4.69, 9.17) is 5.26 Å². The van der Waals surface area contributed by atoms with E-state index < -0.39 is 5.60 Å². The Balaban J connectivity index is 2.81. The van der Waals surface area contributed by atoms with Crippen LogP contribution in [0.4, 0.5) is 5.69 Å². The van der Waals surface area contributed by atoms with Crippen molar-refractivity contribution in [2.75, 3.05) is 18.5 Å². The maximum Gasteiger partial charge on any atom is 0.0992 e. The van der Waals surface area contributed by atoms with E-state index in [0.717, 1.165) is 5.69 Å². The summed E-state index contributed by atoms with van der Waals surface area (Å²) >= 11 is 0. The van der Waals surface area contributed by atoms with E-state index >= 15 is 0 Å². The number of nitrogens with zero attached hydrogens (tertiary/aromatic N) is 2. The van der Waals surface area contributed by atoms with Gasteiger partial charge in [-0.1, -0.05) is 13.0 Å². The summed E-state index contributed by atoms with van der Waals surface area (Å²) in [7, 11) is 1.92. The summed E-state index contributed by atoms with van der Waals surface area (Å²) in [4.78, 5) is 1.96. The first-order valence-corrected chi connectivity index (χ1v) is 5.42. The molecule has 0 saturated carbocycles. The van der Waals surface area contributed by atoms with Crippen molar-refractivity contribution in [3.05, 3.63) is 29.8 Å². The molecule has 0 aromatic heterocycles. The summed E-state index contributed by atoms with van der Waals surface area (Å²) in [5.41, 5.74) is 0.894. The Bertz CT molecular complexity index is 393. The monoisotopic (exact) mass is 218 g/mol. The molecule has 3 heteroatoms. The van der Waals surface area contributed by atoms with Crippen LogP contribution in [0.3, 0.4) is 0 Å². The van der Waals surface area contributed by atoms with Gasteiger partial charge in [0.25, 0.3) is 0 Å². The Morgan fingerprint density at radius 1 is 1.50 bits per heavy atom. The van der Waals surface area contributed by atoms with Crippen LogP contribution in [0.1, 0.15) is 25.8 Å². The van der Waals surface area contributed by atoms with Gasteiger partial charge >= 0.3 is 0 Å². The third kappa shape index (κ3) is 3.25. The zero-order valence-electron chi connectivity index (χ0n) is 10.1. The Labute approximate surface area is 96.9 Å². The van der Waals surface area contributed by atoms with Crippen molar-refractivity contribution in [2.24, 2.45) is 0 Å². The summed E-state index contributed by atoms with van der Waals surface area (Å²) in [5.74, 6) is 0. The summed E-state index contributed by atoms with van der Waals surface area (Å²) < 4.78 is 0. The third-order valence-electron chi connectivity index (χ3n) is 2.76. The molecule has 1 aromatic carbocycles. The molecule has 0 spiro atoms. The molecule has 86 valence electrons. The van der Waals surface area contributed by atoms with Gasteiger partial charge in [-0.15, -0.1) is 0 Å². The standard InChI is InChI=1S/C13H18N2O/c1-4-13(2,16)10-15(3)12-7-5-6-11(8-12)9-14/h5-8,16H,4,10H2,1-3H3. The largest absolute Gasteiger partial charge is 0.388 e. The van der Waals surface area contributed by atoms with Crippen molar-refractivity contribution < 1.29 is 5.11 Å². The molecule has 0 radical (unpaired) electrons. The summed E-state index contributed by atoms with van der Waals surface area (Å²) in [6, 6.07) is 9.50. The van der Waals surface area contributed by atoms with Gasteiger partial charge in [-0.2, -0.15) is 5.26 Å². The van der Waals surface area contributed by atoms with Gasteiger partial charge in [0.2, 0.25) is 0 Å². The highest BCUT2D eigenvalue weighted by molar-refractivity contribution is 5.51. The van der Waals surface area contributed by atoms with Crippen molar-refractivity contribution in [1.82, 2.24) is 0 Å². The van der Waals surface area contributed by atoms with Gasteiger partial charge in [0, 0.05) is 19.3 Å². The fourth-order valence-corrected chi connectivity index (χ4v) is 1.53. The molecule has 0 aliphatic rings. The van der Waals surface area contributed by atoms with Gasteiger partial charge in [-0.25, -0.2) is 0 Å². The number of likely N-dealkylation sites (N-methyl/N-ethyl adjacent to an activating group) is 1. The minimum atomic E-state index is -0.697. The number of anilines is 1. The molecule has 0 heterocycles. The maximum atomic E-state index is 9.97. The van der Waals surface area contributed by atoms with Crippen molar-refractivity contribution in [2.45, 2.75) is 25.9 Å². The smallest absolute Gasteiger partial charge is 0.0992 e. The highest BCUT2D eigenvalue weighted by atomic mass is 16.3. The molecular formula is C13H18N2O.